The average molecular weight is 424 g/mol. The molecule has 0 atom stereocenters. The summed E-state index contributed by atoms with van der Waals surface area (Å²) in [5.41, 5.74) is 0.420. The molecule has 0 amide bonds. The van der Waals surface area contributed by atoms with Gasteiger partial charge in [-0.25, -0.2) is 9.59 Å². The number of carbonyl (C=O) groups is 4. The van der Waals surface area contributed by atoms with Crippen LogP contribution in [0.15, 0.2) is 24.3 Å². The van der Waals surface area contributed by atoms with E-state index in [0.29, 0.717) is 13.2 Å². The molecule has 30 heavy (non-hydrogen) atoms. The fourth-order valence-electron chi connectivity index (χ4n) is 2.07. The van der Waals surface area contributed by atoms with Gasteiger partial charge in [0.05, 0.1) is 51.4 Å². The number of esters is 4. The van der Waals surface area contributed by atoms with E-state index in [-0.39, 0.29) is 35.9 Å². The standard InChI is InChI=1S/C12H22O4.C10H10O4/c1-3-5-9-15-11(13)7-8-12(14)16-10-6-4-2;1-13-9(11)7-5-3-4-6-8(7)10(12)14-2/h3-10H2,1-2H3;3-6H,1-2H3. The van der Waals surface area contributed by atoms with E-state index < -0.39 is 11.9 Å². The van der Waals surface area contributed by atoms with Crippen molar-refractivity contribution >= 4 is 23.9 Å². The van der Waals surface area contributed by atoms with E-state index >= 15 is 0 Å². The van der Waals surface area contributed by atoms with Crippen molar-refractivity contribution in [1.29, 1.82) is 0 Å². The largest absolute Gasteiger partial charge is 0.466 e. The first kappa shape index (κ1) is 27.1. The minimum absolute atomic E-state index is 0.120. The second-order valence-corrected chi connectivity index (χ2v) is 6.18. The molecule has 0 radical (unpaired) electrons. The first-order valence-electron chi connectivity index (χ1n) is 9.98. The zero-order valence-corrected chi connectivity index (χ0v) is 18.2. The predicted molar refractivity (Wildman–Crippen MR) is 110 cm³/mol. The van der Waals surface area contributed by atoms with Crippen LogP contribution >= 0.6 is 0 Å². The molecule has 0 aliphatic heterocycles. The molecule has 0 unspecified atom stereocenters. The van der Waals surface area contributed by atoms with Gasteiger partial charge >= 0.3 is 23.9 Å². The molecule has 0 spiro atoms. The highest BCUT2D eigenvalue weighted by Crippen LogP contribution is 2.11. The highest BCUT2D eigenvalue weighted by atomic mass is 16.5. The highest BCUT2D eigenvalue weighted by molar-refractivity contribution is 6.03. The zero-order valence-electron chi connectivity index (χ0n) is 18.2. The lowest BCUT2D eigenvalue weighted by molar-refractivity contribution is -0.150. The van der Waals surface area contributed by atoms with Crippen molar-refractivity contribution in [3.8, 4) is 0 Å². The predicted octanol–water partition coefficient (Wildman–Crippen LogP) is 3.71. The van der Waals surface area contributed by atoms with E-state index in [9.17, 15) is 19.2 Å². The van der Waals surface area contributed by atoms with Crippen LogP contribution in [0, 0.1) is 0 Å². The number of unbranched alkanes of at least 4 members (excludes halogenated alkanes) is 2. The number of benzene rings is 1. The van der Waals surface area contributed by atoms with Crippen LogP contribution < -0.4 is 0 Å². The highest BCUT2D eigenvalue weighted by Gasteiger charge is 2.16. The number of rotatable bonds is 11. The Bertz CT molecular complexity index is 612. The third-order valence-corrected chi connectivity index (χ3v) is 3.79. The van der Waals surface area contributed by atoms with Gasteiger partial charge in [-0.05, 0) is 25.0 Å². The Kier molecular flexibility index (Phi) is 15.4. The number of hydrogen-bond donors (Lipinski definition) is 0. The summed E-state index contributed by atoms with van der Waals surface area (Å²) in [5, 5.41) is 0. The van der Waals surface area contributed by atoms with Crippen LogP contribution in [0.4, 0.5) is 0 Å². The molecular formula is C22H32O8. The van der Waals surface area contributed by atoms with Crippen LogP contribution in [-0.4, -0.2) is 51.3 Å². The lowest BCUT2D eigenvalue weighted by Gasteiger charge is -2.04. The van der Waals surface area contributed by atoms with Gasteiger partial charge in [0.25, 0.3) is 0 Å². The maximum Gasteiger partial charge on any atom is 0.338 e. The van der Waals surface area contributed by atoms with Crippen LogP contribution in [-0.2, 0) is 28.5 Å². The lowest BCUT2D eigenvalue weighted by atomic mass is 10.1. The van der Waals surface area contributed by atoms with Gasteiger partial charge in [-0.15, -0.1) is 0 Å². The summed E-state index contributed by atoms with van der Waals surface area (Å²) in [6.45, 7) is 4.94. The molecule has 8 nitrogen and oxygen atoms in total. The third-order valence-electron chi connectivity index (χ3n) is 3.79. The molecule has 0 aliphatic rings. The van der Waals surface area contributed by atoms with E-state index in [2.05, 4.69) is 9.47 Å². The Balaban J connectivity index is 0.000000564. The van der Waals surface area contributed by atoms with Crippen molar-refractivity contribution in [1.82, 2.24) is 0 Å². The first-order chi connectivity index (χ1) is 14.4. The minimum atomic E-state index is -0.550. The van der Waals surface area contributed by atoms with Gasteiger partial charge < -0.3 is 18.9 Å². The van der Waals surface area contributed by atoms with E-state index in [4.69, 9.17) is 9.47 Å². The first-order valence-corrected chi connectivity index (χ1v) is 9.98. The molecule has 0 saturated heterocycles. The Morgan fingerprint density at radius 3 is 1.37 bits per heavy atom. The lowest BCUT2D eigenvalue weighted by Crippen LogP contribution is -2.11. The summed E-state index contributed by atoms with van der Waals surface area (Å²) >= 11 is 0. The van der Waals surface area contributed by atoms with Gasteiger partial charge in [-0.3, -0.25) is 9.59 Å². The number of ether oxygens (including phenoxy) is 4. The summed E-state index contributed by atoms with van der Waals surface area (Å²) in [6.07, 6.45) is 3.96. The molecule has 1 aromatic carbocycles. The fourth-order valence-corrected chi connectivity index (χ4v) is 2.07. The Labute approximate surface area is 177 Å². The molecule has 1 rings (SSSR count). The maximum atomic E-state index is 11.2. The van der Waals surface area contributed by atoms with Gasteiger partial charge in [0.1, 0.15) is 0 Å². The smallest absolute Gasteiger partial charge is 0.338 e. The van der Waals surface area contributed by atoms with E-state index in [1.807, 2.05) is 13.8 Å². The molecule has 8 heteroatoms. The molecule has 0 bridgehead atoms. The average Bonchev–Trinajstić information content (AvgIpc) is 2.77. The summed E-state index contributed by atoms with van der Waals surface area (Å²) < 4.78 is 18.9. The second-order valence-electron chi connectivity index (χ2n) is 6.18. The molecule has 0 fully saturated rings. The third kappa shape index (κ3) is 11.8. The quantitative estimate of drug-likeness (QED) is 0.301. The van der Waals surface area contributed by atoms with Crippen LogP contribution in [0.5, 0.6) is 0 Å². The molecule has 1 aromatic rings. The summed E-state index contributed by atoms with van der Waals surface area (Å²) in [5.74, 6) is -1.74. The van der Waals surface area contributed by atoms with Crippen LogP contribution in [0.3, 0.4) is 0 Å². The molecule has 0 aromatic heterocycles. The van der Waals surface area contributed by atoms with E-state index in [1.54, 1.807) is 12.1 Å². The van der Waals surface area contributed by atoms with Gasteiger partial charge in [0, 0.05) is 0 Å². The molecule has 168 valence electrons. The topological polar surface area (TPSA) is 105 Å². The maximum absolute atomic E-state index is 11.2. The second kappa shape index (κ2) is 17.0. The van der Waals surface area contributed by atoms with Crippen molar-refractivity contribution in [3.63, 3.8) is 0 Å². The van der Waals surface area contributed by atoms with Crippen LogP contribution in [0.25, 0.3) is 0 Å². The normalized spacial score (nSPS) is 9.60. The van der Waals surface area contributed by atoms with Crippen molar-refractivity contribution < 1.29 is 38.1 Å². The fraction of sp³-hybridized carbons (Fsp3) is 0.545. The molecule has 0 N–H and O–H groups in total. The van der Waals surface area contributed by atoms with Gasteiger partial charge in [0.2, 0.25) is 0 Å². The minimum Gasteiger partial charge on any atom is -0.466 e. The summed E-state index contributed by atoms with van der Waals surface area (Å²) in [6, 6.07) is 6.33. The van der Waals surface area contributed by atoms with Crippen molar-refractivity contribution in [2.24, 2.45) is 0 Å². The Morgan fingerprint density at radius 1 is 0.700 bits per heavy atom. The van der Waals surface area contributed by atoms with Gasteiger partial charge in [-0.1, -0.05) is 38.8 Å². The Hall–Kier alpha value is -2.90. The summed E-state index contributed by atoms with van der Waals surface area (Å²) in [7, 11) is 2.52. The van der Waals surface area contributed by atoms with Crippen molar-refractivity contribution in [3.05, 3.63) is 35.4 Å². The number of methoxy groups -OCH3 is 2. The van der Waals surface area contributed by atoms with Gasteiger partial charge in [-0.2, -0.15) is 0 Å². The molecular weight excluding hydrogens is 392 g/mol. The van der Waals surface area contributed by atoms with Crippen molar-refractivity contribution in [2.45, 2.75) is 52.4 Å². The van der Waals surface area contributed by atoms with Crippen LogP contribution in [0.2, 0.25) is 0 Å². The monoisotopic (exact) mass is 424 g/mol. The number of hydrogen-bond acceptors (Lipinski definition) is 8. The summed E-state index contributed by atoms with van der Waals surface area (Å²) in [4.78, 5) is 44.7. The zero-order chi connectivity index (χ0) is 22.8. The number of carbonyl (C=O) groups excluding carboxylic acids is 4. The molecule has 0 heterocycles. The van der Waals surface area contributed by atoms with Crippen molar-refractivity contribution in [2.75, 3.05) is 27.4 Å². The Morgan fingerprint density at radius 2 is 1.07 bits per heavy atom. The van der Waals surface area contributed by atoms with E-state index in [0.717, 1.165) is 25.7 Å². The SMILES string of the molecule is CCCCOC(=O)CCC(=O)OCCCC.COC(=O)c1ccccc1C(=O)OC. The molecule has 0 saturated carbocycles. The van der Waals surface area contributed by atoms with Crippen LogP contribution in [0.1, 0.15) is 73.1 Å². The molecule has 0 aliphatic carbocycles. The van der Waals surface area contributed by atoms with Gasteiger partial charge in [0.15, 0.2) is 0 Å². The van der Waals surface area contributed by atoms with E-state index in [1.165, 1.54) is 26.4 Å².